The van der Waals surface area contributed by atoms with Gasteiger partial charge in [-0.15, -0.1) is 0 Å². The minimum atomic E-state index is -1.32. The lowest BCUT2D eigenvalue weighted by atomic mass is 10.0. The number of rotatable bonds is 8. The summed E-state index contributed by atoms with van der Waals surface area (Å²) in [4.78, 5) is 25.0. The van der Waals surface area contributed by atoms with Gasteiger partial charge in [0.05, 0.1) is 0 Å². The van der Waals surface area contributed by atoms with Gasteiger partial charge in [0.25, 0.3) is 0 Å². The van der Waals surface area contributed by atoms with Crippen LogP contribution in [-0.2, 0) is 27.5 Å². The number of hydrogen-bond donors (Lipinski definition) is 2. The van der Waals surface area contributed by atoms with Crippen molar-refractivity contribution in [3.8, 4) is 0 Å². The molecule has 0 spiro atoms. The Morgan fingerprint density at radius 3 is 1.73 bits per heavy atom. The zero-order valence-electron chi connectivity index (χ0n) is 16.3. The minimum Gasteiger partial charge on any atom is -0.459 e. The first-order chi connectivity index (χ1) is 14.6. The number of nitrogens with one attached hydrogen (secondary N) is 1. The van der Waals surface area contributed by atoms with Crippen LogP contribution in [0.25, 0.3) is 0 Å². The Balaban J connectivity index is 1.66. The Bertz CT molecular complexity index is 932. The second-order valence-corrected chi connectivity index (χ2v) is 6.63. The van der Waals surface area contributed by atoms with Gasteiger partial charge in [-0.05, 0) is 16.7 Å². The first kappa shape index (κ1) is 21.1. The molecule has 3 aromatic rings. The highest BCUT2D eigenvalue weighted by Crippen LogP contribution is 2.18. The van der Waals surface area contributed by atoms with E-state index in [1.807, 2.05) is 60.7 Å². The topological polar surface area (TPSA) is 84.9 Å². The fourth-order valence-electron chi connectivity index (χ4n) is 2.82. The molecule has 0 aliphatic carbocycles. The fourth-order valence-corrected chi connectivity index (χ4v) is 2.82. The van der Waals surface area contributed by atoms with Gasteiger partial charge < -0.3 is 19.9 Å². The van der Waals surface area contributed by atoms with Gasteiger partial charge in [0.2, 0.25) is 0 Å². The fraction of sp³-hybridized carbons (Fsp3) is 0.167. The molecular weight excluding hydrogens is 382 g/mol. The van der Waals surface area contributed by atoms with Crippen molar-refractivity contribution in [1.82, 2.24) is 5.32 Å². The van der Waals surface area contributed by atoms with E-state index in [2.05, 4.69) is 5.32 Å². The van der Waals surface area contributed by atoms with Crippen LogP contribution in [0, 0.1) is 0 Å². The summed E-state index contributed by atoms with van der Waals surface area (Å²) in [5, 5.41) is 13.1. The molecule has 0 saturated carbocycles. The van der Waals surface area contributed by atoms with E-state index in [1.54, 1.807) is 30.3 Å². The smallest absolute Gasteiger partial charge is 0.408 e. The highest BCUT2D eigenvalue weighted by molar-refractivity contribution is 5.82. The maximum atomic E-state index is 12.7. The van der Waals surface area contributed by atoms with Gasteiger partial charge in [-0.3, -0.25) is 0 Å². The van der Waals surface area contributed by atoms with E-state index in [-0.39, 0.29) is 13.2 Å². The molecule has 6 heteroatoms. The molecule has 0 bridgehead atoms. The third kappa shape index (κ3) is 6.18. The number of ether oxygens (including phenoxy) is 2. The van der Waals surface area contributed by atoms with Crippen LogP contribution < -0.4 is 5.32 Å². The minimum absolute atomic E-state index is 0.0262. The molecule has 0 aliphatic rings. The van der Waals surface area contributed by atoms with Gasteiger partial charge in [-0.2, -0.15) is 0 Å². The van der Waals surface area contributed by atoms with Crippen LogP contribution in [0.5, 0.6) is 0 Å². The van der Waals surface area contributed by atoms with E-state index in [0.29, 0.717) is 5.56 Å². The first-order valence-electron chi connectivity index (χ1n) is 9.54. The Morgan fingerprint density at radius 1 is 0.733 bits per heavy atom. The molecule has 0 unspecified atom stereocenters. The molecule has 0 aromatic heterocycles. The monoisotopic (exact) mass is 405 g/mol. The van der Waals surface area contributed by atoms with E-state index in [1.165, 1.54) is 0 Å². The Kier molecular flexibility index (Phi) is 7.58. The molecule has 3 rings (SSSR count). The van der Waals surface area contributed by atoms with Crippen LogP contribution in [0.2, 0.25) is 0 Å². The molecule has 2 atom stereocenters. The molecule has 6 nitrogen and oxygen atoms in total. The largest absolute Gasteiger partial charge is 0.459 e. The highest BCUT2D eigenvalue weighted by atomic mass is 16.6. The number of benzene rings is 3. The van der Waals surface area contributed by atoms with Crippen LogP contribution in [0.15, 0.2) is 91.0 Å². The number of hydrogen-bond acceptors (Lipinski definition) is 5. The van der Waals surface area contributed by atoms with Crippen LogP contribution in [0.1, 0.15) is 22.8 Å². The van der Waals surface area contributed by atoms with Gasteiger partial charge in [0.15, 0.2) is 6.04 Å². The molecule has 30 heavy (non-hydrogen) atoms. The van der Waals surface area contributed by atoms with E-state index < -0.39 is 24.2 Å². The lowest BCUT2D eigenvalue weighted by Crippen LogP contribution is -2.46. The molecule has 1 amide bonds. The zero-order valence-corrected chi connectivity index (χ0v) is 16.3. The predicted octanol–water partition coefficient (Wildman–Crippen LogP) is 3.76. The maximum Gasteiger partial charge on any atom is 0.408 e. The number of amides is 1. The normalized spacial score (nSPS) is 12.4. The third-order valence-electron chi connectivity index (χ3n) is 4.42. The molecule has 0 heterocycles. The van der Waals surface area contributed by atoms with Crippen molar-refractivity contribution in [1.29, 1.82) is 0 Å². The van der Waals surface area contributed by atoms with Crippen LogP contribution >= 0.6 is 0 Å². The molecule has 0 fully saturated rings. The van der Waals surface area contributed by atoms with E-state index >= 15 is 0 Å². The summed E-state index contributed by atoms with van der Waals surface area (Å²) >= 11 is 0. The Hall–Kier alpha value is -3.64. The quantitative estimate of drug-likeness (QED) is 0.558. The second-order valence-electron chi connectivity index (χ2n) is 6.63. The van der Waals surface area contributed by atoms with Crippen molar-refractivity contribution < 1.29 is 24.2 Å². The van der Waals surface area contributed by atoms with Crippen LogP contribution in [-0.4, -0.2) is 23.2 Å². The number of carbonyl (C=O) groups excluding carboxylic acids is 2. The summed E-state index contributed by atoms with van der Waals surface area (Å²) in [5.41, 5.74) is 2.08. The van der Waals surface area contributed by atoms with Crippen molar-refractivity contribution in [2.24, 2.45) is 0 Å². The van der Waals surface area contributed by atoms with Gasteiger partial charge in [-0.25, -0.2) is 9.59 Å². The van der Waals surface area contributed by atoms with Crippen molar-refractivity contribution in [2.75, 3.05) is 0 Å². The third-order valence-corrected chi connectivity index (χ3v) is 4.42. The summed E-state index contributed by atoms with van der Waals surface area (Å²) in [6, 6.07) is 25.6. The second kappa shape index (κ2) is 10.8. The van der Waals surface area contributed by atoms with Gasteiger partial charge in [-0.1, -0.05) is 91.0 Å². The average Bonchev–Trinajstić information content (AvgIpc) is 2.81. The van der Waals surface area contributed by atoms with Crippen molar-refractivity contribution in [3.63, 3.8) is 0 Å². The Morgan fingerprint density at radius 2 is 1.20 bits per heavy atom. The zero-order chi connectivity index (χ0) is 21.2. The average molecular weight is 405 g/mol. The molecule has 2 N–H and O–H groups in total. The first-order valence-corrected chi connectivity index (χ1v) is 9.54. The maximum absolute atomic E-state index is 12.7. The number of aliphatic hydroxyl groups excluding tert-OH is 1. The van der Waals surface area contributed by atoms with Crippen molar-refractivity contribution in [2.45, 2.75) is 25.4 Å². The molecule has 154 valence electrons. The molecular formula is C24H23NO5. The molecule has 0 radical (unpaired) electrons. The lowest BCUT2D eigenvalue weighted by Gasteiger charge is -2.23. The van der Waals surface area contributed by atoms with E-state index in [9.17, 15) is 14.7 Å². The van der Waals surface area contributed by atoms with E-state index in [0.717, 1.165) is 11.1 Å². The summed E-state index contributed by atoms with van der Waals surface area (Å²) in [6.45, 7) is 0.0678. The van der Waals surface area contributed by atoms with Crippen LogP contribution in [0.3, 0.4) is 0 Å². The number of alkyl carbamates (subject to hydrolysis) is 1. The molecule has 3 aromatic carbocycles. The predicted molar refractivity (Wildman–Crippen MR) is 111 cm³/mol. The molecule has 0 saturated heterocycles. The van der Waals surface area contributed by atoms with E-state index in [4.69, 9.17) is 9.47 Å². The summed E-state index contributed by atoms with van der Waals surface area (Å²) in [7, 11) is 0. The number of carbonyl (C=O) groups is 2. The molecule has 0 aliphatic heterocycles. The summed E-state index contributed by atoms with van der Waals surface area (Å²) in [5.74, 6) is -0.758. The number of esters is 1. The summed E-state index contributed by atoms with van der Waals surface area (Å²) in [6.07, 6.45) is -2.12. The number of aliphatic hydroxyl groups is 1. The van der Waals surface area contributed by atoms with Crippen molar-refractivity contribution in [3.05, 3.63) is 108 Å². The van der Waals surface area contributed by atoms with Crippen LogP contribution in [0.4, 0.5) is 4.79 Å². The van der Waals surface area contributed by atoms with Gasteiger partial charge >= 0.3 is 12.1 Å². The lowest BCUT2D eigenvalue weighted by molar-refractivity contribution is -0.150. The standard InChI is InChI=1S/C24H23NO5/c26-22(20-14-8-3-9-15-20)21(23(27)29-16-18-10-4-1-5-11-18)25-24(28)30-17-19-12-6-2-7-13-19/h1-15,21-22,26H,16-17H2,(H,25,28)/t21-,22-/m0/s1. The Labute approximate surface area is 175 Å². The van der Waals surface area contributed by atoms with Crippen molar-refractivity contribution >= 4 is 12.1 Å². The SMILES string of the molecule is O=C(N[C@H](C(=O)OCc1ccccc1)[C@@H](O)c1ccccc1)OCc1ccccc1. The highest BCUT2D eigenvalue weighted by Gasteiger charge is 2.31. The summed E-state index contributed by atoms with van der Waals surface area (Å²) < 4.78 is 10.5. The van der Waals surface area contributed by atoms with Gasteiger partial charge in [0, 0.05) is 0 Å². The van der Waals surface area contributed by atoms with Gasteiger partial charge in [0.1, 0.15) is 19.3 Å².